The van der Waals surface area contributed by atoms with E-state index in [0.717, 1.165) is 21.6 Å². The van der Waals surface area contributed by atoms with Crippen molar-refractivity contribution < 1.29 is 13.2 Å². The van der Waals surface area contributed by atoms with Gasteiger partial charge < -0.3 is 4.57 Å². The number of halogens is 2. The van der Waals surface area contributed by atoms with E-state index in [-0.39, 0.29) is 16.0 Å². The SMILES string of the molecule is CCn1c(=NC(=O)C2CCN(S(=O)(=O)c3ccc(Cl)s3)CC2)sc2cc(Cl)ccc21. The number of fused-ring (bicyclic) bond motifs is 1. The molecule has 1 amide bonds. The highest BCUT2D eigenvalue weighted by Gasteiger charge is 2.33. The Labute approximate surface area is 192 Å². The number of nitrogens with zero attached hydrogens (tertiary/aromatic N) is 3. The average molecular weight is 504 g/mol. The number of aryl methyl sites for hydroxylation is 1. The highest BCUT2D eigenvalue weighted by atomic mass is 35.5. The molecule has 1 fully saturated rings. The summed E-state index contributed by atoms with van der Waals surface area (Å²) in [6.07, 6.45) is 0.896. The van der Waals surface area contributed by atoms with Crippen LogP contribution in [0.15, 0.2) is 39.5 Å². The van der Waals surface area contributed by atoms with Crippen molar-refractivity contribution in [2.75, 3.05) is 13.1 Å². The highest BCUT2D eigenvalue weighted by Crippen LogP contribution is 2.31. The third-order valence-corrected chi connectivity index (χ3v) is 9.99. The lowest BCUT2D eigenvalue weighted by Gasteiger charge is -2.29. The normalized spacial score (nSPS) is 17.1. The quantitative estimate of drug-likeness (QED) is 0.521. The third-order valence-electron chi connectivity index (χ3n) is 5.11. The summed E-state index contributed by atoms with van der Waals surface area (Å²) >= 11 is 14.4. The van der Waals surface area contributed by atoms with Gasteiger partial charge in [0.1, 0.15) is 4.21 Å². The van der Waals surface area contributed by atoms with Crippen molar-refractivity contribution in [2.45, 2.75) is 30.5 Å². The number of aromatic nitrogens is 1. The van der Waals surface area contributed by atoms with Crippen molar-refractivity contribution in [3.8, 4) is 0 Å². The lowest BCUT2D eigenvalue weighted by atomic mass is 9.98. The number of amides is 1. The van der Waals surface area contributed by atoms with Gasteiger partial charge in [0.15, 0.2) is 4.80 Å². The predicted molar refractivity (Wildman–Crippen MR) is 122 cm³/mol. The van der Waals surface area contributed by atoms with Gasteiger partial charge in [-0.25, -0.2) is 8.42 Å². The van der Waals surface area contributed by atoms with E-state index < -0.39 is 10.0 Å². The maximum atomic E-state index is 12.8. The summed E-state index contributed by atoms with van der Waals surface area (Å²) in [5, 5.41) is 0.644. The predicted octanol–water partition coefficient (Wildman–Crippen LogP) is 4.62. The molecule has 4 rings (SSSR count). The Hall–Kier alpha value is -1.23. The molecule has 0 spiro atoms. The number of thiazole rings is 1. The lowest BCUT2D eigenvalue weighted by Crippen LogP contribution is -2.40. The average Bonchev–Trinajstić information content (AvgIpc) is 3.31. The maximum Gasteiger partial charge on any atom is 0.252 e. The van der Waals surface area contributed by atoms with Gasteiger partial charge in [-0.1, -0.05) is 34.5 Å². The Kier molecular flexibility index (Phi) is 6.39. The molecule has 1 aliphatic heterocycles. The van der Waals surface area contributed by atoms with Crippen molar-refractivity contribution in [3.05, 3.63) is 44.5 Å². The topological polar surface area (TPSA) is 71.7 Å². The smallest absolute Gasteiger partial charge is 0.252 e. The summed E-state index contributed by atoms with van der Waals surface area (Å²) in [6.45, 7) is 3.28. The number of carbonyl (C=O) groups excluding carboxylic acids is 1. The Morgan fingerprint density at radius 3 is 2.53 bits per heavy atom. The van der Waals surface area contributed by atoms with Crippen LogP contribution < -0.4 is 4.80 Å². The van der Waals surface area contributed by atoms with E-state index in [1.165, 1.54) is 21.7 Å². The molecule has 0 bridgehead atoms. The van der Waals surface area contributed by atoms with Gasteiger partial charge in [-0.2, -0.15) is 9.30 Å². The maximum absolute atomic E-state index is 12.8. The second kappa shape index (κ2) is 8.72. The minimum atomic E-state index is -3.57. The van der Waals surface area contributed by atoms with E-state index in [9.17, 15) is 13.2 Å². The number of carbonyl (C=O) groups is 1. The van der Waals surface area contributed by atoms with Crippen LogP contribution in [0.5, 0.6) is 0 Å². The summed E-state index contributed by atoms with van der Waals surface area (Å²) in [5.41, 5.74) is 0.994. The second-order valence-electron chi connectivity index (χ2n) is 6.93. The molecule has 11 heteroatoms. The van der Waals surface area contributed by atoms with Gasteiger partial charge >= 0.3 is 0 Å². The van der Waals surface area contributed by atoms with E-state index >= 15 is 0 Å². The van der Waals surface area contributed by atoms with Crippen LogP contribution in [0.4, 0.5) is 0 Å². The van der Waals surface area contributed by atoms with Crippen LogP contribution >= 0.6 is 45.9 Å². The zero-order chi connectivity index (χ0) is 21.5. The Morgan fingerprint density at radius 2 is 1.90 bits per heavy atom. The Morgan fingerprint density at radius 1 is 1.17 bits per heavy atom. The fraction of sp³-hybridized carbons (Fsp3) is 0.368. The number of hydrogen-bond acceptors (Lipinski definition) is 5. The summed E-state index contributed by atoms with van der Waals surface area (Å²) in [5.74, 6) is -0.492. The summed E-state index contributed by atoms with van der Waals surface area (Å²) in [7, 11) is -3.57. The first-order chi connectivity index (χ1) is 14.3. The van der Waals surface area contributed by atoms with Gasteiger partial charge in [0.05, 0.1) is 14.6 Å². The molecule has 30 heavy (non-hydrogen) atoms. The van der Waals surface area contributed by atoms with E-state index in [2.05, 4.69) is 4.99 Å². The van der Waals surface area contributed by atoms with E-state index in [1.807, 2.05) is 29.7 Å². The van der Waals surface area contributed by atoms with Crippen LogP contribution in [0.1, 0.15) is 19.8 Å². The zero-order valence-electron chi connectivity index (χ0n) is 16.0. The fourth-order valence-electron chi connectivity index (χ4n) is 3.53. The first-order valence-electron chi connectivity index (χ1n) is 9.42. The number of piperidine rings is 1. The van der Waals surface area contributed by atoms with Gasteiger partial charge in [-0.15, -0.1) is 11.3 Å². The number of benzene rings is 1. The van der Waals surface area contributed by atoms with Crippen molar-refractivity contribution in [1.82, 2.24) is 8.87 Å². The molecule has 3 aromatic rings. The van der Waals surface area contributed by atoms with Crippen LogP contribution in [0, 0.1) is 5.92 Å². The number of hydrogen-bond donors (Lipinski definition) is 0. The lowest BCUT2D eigenvalue weighted by molar-refractivity contribution is -0.122. The monoisotopic (exact) mass is 503 g/mol. The second-order valence-corrected chi connectivity index (χ2v) is 12.3. The molecular weight excluding hydrogens is 485 g/mol. The minimum absolute atomic E-state index is 0.203. The van der Waals surface area contributed by atoms with Crippen LogP contribution in [-0.4, -0.2) is 36.3 Å². The fourth-order valence-corrected chi connectivity index (χ4v) is 8.01. The molecule has 2 aromatic heterocycles. The van der Waals surface area contributed by atoms with Crippen LogP contribution in [0.25, 0.3) is 10.2 Å². The van der Waals surface area contributed by atoms with Gasteiger partial charge in [0, 0.05) is 30.6 Å². The standard InChI is InChI=1S/C19H19Cl2N3O3S3/c1-2-24-14-4-3-13(20)11-15(14)28-19(24)22-18(25)12-7-9-23(10-8-12)30(26,27)17-6-5-16(21)29-17/h3-6,11-12H,2,7-10H2,1H3. The highest BCUT2D eigenvalue weighted by molar-refractivity contribution is 7.91. The van der Waals surface area contributed by atoms with Crippen molar-refractivity contribution >= 4 is 72.0 Å². The molecule has 0 unspecified atom stereocenters. The molecule has 6 nitrogen and oxygen atoms in total. The number of sulfonamides is 1. The minimum Gasteiger partial charge on any atom is -0.317 e. The third kappa shape index (κ3) is 4.24. The van der Waals surface area contributed by atoms with E-state index in [1.54, 1.807) is 6.07 Å². The van der Waals surface area contributed by atoms with Crippen molar-refractivity contribution in [2.24, 2.45) is 10.9 Å². The molecule has 1 aliphatic rings. The first-order valence-corrected chi connectivity index (χ1v) is 13.3. The molecule has 0 radical (unpaired) electrons. The Balaban J connectivity index is 1.52. The molecule has 0 aliphatic carbocycles. The molecule has 0 saturated carbocycles. The summed E-state index contributed by atoms with van der Waals surface area (Å²) < 4.78 is 30.5. The van der Waals surface area contributed by atoms with Gasteiger partial charge in [-0.3, -0.25) is 4.79 Å². The molecule has 3 heterocycles. The summed E-state index contributed by atoms with van der Waals surface area (Å²) in [4.78, 5) is 17.9. The molecule has 0 N–H and O–H groups in total. The van der Waals surface area contributed by atoms with Crippen LogP contribution in [0.3, 0.4) is 0 Å². The van der Waals surface area contributed by atoms with Gasteiger partial charge in [0.2, 0.25) is 0 Å². The van der Waals surface area contributed by atoms with Gasteiger partial charge in [-0.05, 0) is 50.1 Å². The molecule has 0 atom stereocenters. The van der Waals surface area contributed by atoms with Crippen molar-refractivity contribution in [3.63, 3.8) is 0 Å². The first kappa shape index (κ1) is 22.0. The molecule has 1 aromatic carbocycles. The van der Waals surface area contributed by atoms with Crippen molar-refractivity contribution in [1.29, 1.82) is 0 Å². The molecular formula is C19H19Cl2N3O3S3. The zero-order valence-corrected chi connectivity index (χ0v) is 20.0. The van der Waals surface area contributed by atoms with E-state index in [4.69, 9.17) is 23.2 Å². The van der Waals surface area contributed by atoms with Crippen LogP contribution in [-0.2, 0) is 21.4 Å². The number of thiophene rings is 1. The Bertz CT molecular complexity index is 1270. The largest absolute Gasteiger partial charge is 0.317 e. The van der Waals surface area contributed by atoms with E-state index in [0.29, 0.717) is 46.6 Å². The van der Waals surface area contributed by atoms with Crippen LogP contribution in [0.2, 0.25) is 9.36 Å². The number of rotatable bonds is 4. The molecule has 1 saturated heterocycles. The summed E-state index contributed by atoms with van der Waals surface area (Å²) in [6, 6.07) is 8.73. The molecule has 160 valence electrons. The van der Waals surface area contributed by atoms with Gasteiger partial charge in [0.25, 0.3) is 15.9 Å².